The average Bonchev–Trinajstić information content (AvgIpc) is 3.38. The number of benzene rings is 2. The molecular formula is C28H25N5O. The van der Waals surface area contributed by atoms with Gasteiger partial charge in [0.15, 0.2) is 5.82 Å². The molecule has 34 heavy (non-hydrogen) atoms. The van der Waals surface area contributed by atoms with Crippen molar-refractivity contribution in [3.05, 3.63) is 88.9 Å². The fraction of sp³-hybridized carbons (Fsp3) is 0.214. The lowest BCUT2D eigenvalue weighted by atomic mass is 9.97. The van der Waals surface area contributed by atoms with E-state index in [1.165, 1.54) is 5.56 Å². The van der Waals surface area contributed by atoms with Crippen molar-refractivity contribution >= 4 is 11.7 Å². The summed E-state index contributed by atoms with van der Waals surface area (Å²) in [5.41, 5.74) is 6.56. The quantitative estimate of drug-likeness (QED) is 0.411. The smallest absolute Gasteiger partial charge is 0.233 e. The number of carbonyl (C=O) groups excluding carboxylic acids is 1. The number of fused-ring (bicyclic) bond motifs is 1. The highest BCUT2D eigenvalue weighted by molar-refractivity contribution is 6.00. The van der Waals surface area contributed by atoms with E-state index in [2.05, 4.69) is 35.9 Å². The summed E-state index contributed by atoms with van der Waals surface area (Å²) in [6.45, 7) is 6.73. The fourth-order valence-electron chi connectivity index (χ4n) is 4.36. The van der Waals surface area contributed by atoms with Gasteiger partial charge >= 0.3 is 0 Å². The SMILES string of the molecule is C#Cc1cc(C)n(-c2ccc(CN3C(=O)Cc4cnc(-c5ccccc5C(C)C)nc43)cc2)n1. The summed E-state index contributed by atoms with van der Waals surface area (Å²) in [6, 6.07) is 18.0. The third kappa shape index (κ3) is 3.86. The molecular weight excluding hydrogens is 422 g/mol. The molecule has 2 aromatic carbocycles. The van der Waals surface area contributed by atoms with Crippen LogP contribution in [0, 0.1) is 19.3 Å². The number of rotatable bonds is 5. The molecule has 1 aliphatic rings. The largest absolute Gasteiger partial charge is 0.292 e. The number of anilines is 1. The van der Waals surface area contributed by atoms with Gasteiger partial charge in [-0.1, -0.05) is 50.2 Å². The standard InChI is InChI=1S/C28H25N5O/c1-5-22-14-19(4)33(31-22)23-12-10-20(11-13-23)17-32-26(34)15-21-16-29-27(30-28(21)32)25-9-7-6-8-24(25)18(2)3/h1,6-14,16,18H,15,17H2,2-4H3. The summed E-state index contributed by atoms with van der Waals surface area (Å²) in [5, 5.41) is 4.43. The van der Waals surface area contributed by atoms with Crippen molar-refractivity contribution in [3.8, 4) is 29.4 Å². The Labute approximate surface area is 199 Å². The number of hydrogen-bond acceptors (Lipinski definition) is 4. The molecule has 2 aromatic heterocycles. The molecule has 0 spiro atoms. The molecule has 6 nitrogen and oxygen atoms in total. The van der Waals surface area contributed by atoms with Crippen molar-refractivity contribution < 1.29 is 4.79 Å². The number of aromatic nitrogens is 4. The second-order valence-corrected chi connectivity index (χ2v) is 8.83. The lowest BCUT2D eigenvalue weighted by Gasteiger charge is -2.18. The average molecular weight is 448 g/mol. The molecule has 0 aliphatic carbocycles. The molecule has 3 heterocycles. The van der Waals surface area contributed by atoms with Gasteiger partial charge in [-0.3, -0.25) is 9.69 Å². The maximum atomic E-state index is 12.9. The number of nitrogens with zero attached hydrogens (tertiary/aromatic N) is 5. The minimum atomic E-state index is 0.0317. The van der Waals surface area contributed by atoms with Gasteiger partial charge in [0.25, 0.3) is 0 Å². The molecule has 0 radical (unpaired) electrons. The maximum Gasteiger partial charge on any atom is 0.233 e. The van der Waals surface area contributed by atoms with Gasteiger partial charge in [0, 0.05) is 23.0 Å². The Morgan fingerprint density at radius 1 is 1.12 bits per heavy atom. The number of hydrogen-bond donors (Lipinski definition) is 0. The summed E-state index contributed by atoms with van der Waals surface area (Å²) in [4.78, 5) is 24.0. The van der Waals surface area contributed by atoms with E-state index in [0.29, 0.717) is 36.2 Å². The zero-order valence-electron chi connectivity index (χ0n) is 19.5. The van der Waals surface area contributed by atoms with E-state index < -0.39 is 0 Å². The van der Waals surface area contributed by atoms with Gasteiger partial charge in [0.05, 0.1) is 18.7 Å². The minimum Gasteiger partial charge on any atom is -0.292 e. The van der Waals surface area contributed by atoms with Gasteiger partial charge in [-0.15, -0.1) is 6.42 Å². The summed E-state index contributed by atoms with van der Waals surface area (Å²) < 4.78 is 1.82. The van der Waals surface area contributed by atoms with Gasteiger partial charge in [-0.05, 0) is 48.1 Å². The van der Waals surface area contributed by atoms with Crippen molar-refractivity contribution in [2.24, 2.45) is 0 Å². The van der Waals surface area contributed by atoms with E-state index in [9.17, 15) is 4.79 Å². The highest BCUT2D eigenvalue weighted by Gasteiger charge is 2.30. The van der Waals surface area contributed by atoms with Crippen LogP contribution in [0.25, 0.3) is 17.1 Å². The van der Waals surface area contributed by atoms with E-state index >= 15 is 0 Å². The Balaban J connectivity index is 1.43. The molecule has 6 heteroatoms. The van der Waals surface area contributed by atoms with E-state index in [1.54, 1.807) is 11.1 Å². The van der Waals surface area contributed by atoms with Gasteiger partial charge in [0.1, 0.15) is 11.5 Å². The number of carbonyl (C=O) groups is 1. The first-order valence-electron chi connectivity index (χ1n) is 11.3. The van der Waals surface area contributed by atoms with Crippen LogP contribution < -0.4 is 4.90 Å². The number of terminal acetylenes is 1. The van der Waals surface area contributed by atoms with Crippen LogP contribution in [0.4, 0.5) is 5.82 Å². The third-order valence-electron chi connectivity index (χ3n) is 6.12. The van der Waals surface area contributed by atoms with E-state index in [1.807, 2.05) is 60.1 Å². The molecule has 0 fully saturated rings. The first-order valence-corrected chi connectivity index (χ1v) is 11.3. The highest BCUT2D eigenvalue weighted by Crippen LogP contribution is 2.32. The summed E-state index contributed by atoms with van der Waals surface area (Å²) in [5.74, 6) is 4.29. The first kappa shape index (κ1) is 21.6. The molecule has 0 N–H and O–H groups in total. The topological polar surface area (TPSA) is 63.9 Å². The molecule has 0 unspecified atom stereocenters. The second-order valence-electron chi connectivity index (χ2n) is 8.83. The summed E-state index contributed by atoms with van der Waals surface area (Å²) in [6.07, 6.45) is 7.59. The van der Waals surface area contributed by atoms with E-state index in [0.717, 1.165) is 28.1 Å². The van der Waals surface area contributed by atoms with E-state index in [4.69, 9.17) is 11.4 Å². The molecule has 0 atom stereocenters. The third-order valence-corrected chi connectivity index (χ3v) is 6.12. The molecule has 5 rings (SSSR count). The van der Waals surface area contributed by atoms with Crippen molar-refractivity contribution in [2.45, 2.75) is 39.7 Å². The van der Waals surface area contributed by atoms with Crippen LogP contribution in [0.5, 0.6) is 0 Å². The Bertz CT molecular complexity index is 1430. The Morgan fingerprint density at radius 3 is 2.59 bits per heavy atom. The van der Waals surface area contributed by atoms with Crippen LogP contribution in [0.15, 0.2) is 60.8 Å². The van der Waals surface area contributed by atoms with Gasteiger partial charge in [-0.2, -0.15) is 5.10 Å². The monoisotopic (exact) mass is 447 g/mol. The normalized spacial score (nSPS) is 12.8. The second kappa shape index (κ2) is 8.60. The van der Waals surface area contributed by atoms with Crippen LogP contribution in [0.1, 0.15) is 47.8 Å². The molecule has 0 saturated heterocycles. The first-order chi connectivity index (χ1) is 16.4. The minimum absolute atomic E-state index is 0.0317. The van der Waals surface area contributed by atoms with Gasteiger partial charge in [-0.25, -0.2) is 14.6 Å². The van der Waals surface area contributed by atoms with Crippen LogP contribution in [0.3, 0.4) is 0 Å². The van der Waals surface area contributed by atoms with Crippen molar-refractivity contribution in [1.29, 1.82) is 0 Å². The molecule has 1 aliphatic heterocycles. The lowest BCUT2D eigenvalue weighted by molar-refractivity contribution is -0.117. The highest BCUT2D eigenvalue weighted by atomic mass is 16.2. The Morgan fingerprint density at radius 2 is 1.88 bits per heavy atom. The number of aryl methyl sites for hydroxylation is 1. The van der Waals surface area contributed by atoms with Crippen molar-refractivity contribution in [1.82, 2.24) is 19.7 Å². The van der Waals surface area contributed by atoms with E-state index in [-0.39, 0.29) is 5.91 Å². The molecule has 0 bridgehead atoms. The summed E-state index contributed by atoms with van der Waals surface area (Å²) >= 11 is 0. The van der Waals surface area contributed by atoms with Crippen LogP contribution in [-0.2, 0) is 17.8 Å². The molecule has 168 valence electrons. The van der Waals surface area contributed by atoms with Crippen molar-refractivity contribution in [3.63, 3.8) is 0 Å². The zero-order chi connectivity index (χ0) is 23.8. The van der Waals surface area contributed by atoms with Crippen LogP contribution in [0.2, 0.25) is 0 Å². The van der Waals surface area contributed by atoms with Gasteiger partial charge in [0.2, 0.25) is 5.91 Å². The fourth-order valence-corrected chi connectivity index (χ4v) is 4.36. The predicted octanol–water partition coefficient (Wildman–Crippen LogP) is 4.83. The lowest BCUT2D eigenvalue weighted by Crippen LogP contribution is -2.26. The Kier molecular flexibility index (Phi) is 5.46. The predicted molar refractivity (Wildman–Crippen MR) is 133 cm³/mol. The van der Waals surface area contributed by atoms with Gasteiger partial charge < -0.3 is 0 Å². The Hall–Kier alpha value is -4.24. The maximum absolute atomic E-state index is 12.9. The molecule has 4 aromatic rings. The molecule has 0 saturated carbocycles. The number of amides is 1. The van der Waals surface area contributed by atoms with Crippen molar-refractivity contribution in [2.75, 3.05) is 4.90 Å². The zero-order valence-corrected chi connectivity index (χ0v) is 19.5. The van der Waals surface area contributed by atoms with Crippen LogP contribution >= 0.6 is 0 Å². The van der Waals surface area contributed by atoms with Crippen LogP contribution in [-0.4, -0.2) is 25.7 Å². The molecule has 1 amide bonds. The summed E-state index contributed by atoms with van der Waals surface area (Å²) in [7, 11) is 0.